The van der Waals surface area contributed by atoms with E-state index in [9.17, 15) is 10.1 Å². The number of pyridine rings is 1. The van der Waals surface area contributed by atoms with Gasteiger partial charge in [0.15, 0.2) is 0 Å². The van der Waals surface area contributed by atoms with Crippen molar-refractivity contribution in [3.05, 3.63) is 34.9 Å². The van der Waals surface area contributed by atoms with Gasteiger partial charge in [0.25, 0.3) is 0 Å². The van der Waals surface area contributed by atoms with Gasteiger partial charge >= 0.3 is 0 Å². The molecule has 3 heterocycles. The van der Waals surface area contributed by atoms with Crippen LogP contribution in [0.2, 0.25) is 5.15 Å². The molecule has 2 aromatic heterocycles. The van der Waals surface area contributed by atoms with Crippen molar-refractivity contribution in [2.45, 2.75) is 50.5 Å². The average molecular weight is 449 g/mol. The number of aromatic nitrogens is 3. The molecule has 0 unspecified atom stereocenters. The highest BCUT2D eigenvalue weighted by molar-refractivity contribution is 6.29. The predicted octanol–water partition coefficient (Wildman–Crippen LogP) is 3.78. The van der Waals surface area contributed by atoms with Gasteiger partial charge in [0.2, 0.25) is 5.91 Å². The number of nitrogens with zero attached hydrogens (tertiary/aromatic N) is 6. The maximum absolute atomic E-state index is 12.9. The summed E-state index contributed by atoms with van der Waals surface area (Å²) in [5.74, 6) is 2.31. The van der Waals surface area contributed by atoms with Crippen LogP contribution in [0.15, 0.2) is 18.5 Å². The number of halogens is 1. The van der Waals surface area contributed by atoms with E-state index in [2.05, 4.69) is 25.8 Å². The van der Waals surface area contributed by atoms with E-state index in [1.807, 2.05) is 6.07 Å². The summed E-state index contributed by atoms with van der Waals surface area (Å²) in [5, 5.41) is 10.4. The summed E-state index contributed by atoms with van der Waals surface area (Å²) in [4.78, 5) is 30.7. The molecule has 0 N–H and O–H groups in total. The standard InChI is InChI=1S/C24H25ClN6O/c25-21-10-19(27-13-28-21)18-9-17(11-26)23(29-22(18)15-3-4-15)30-7-8-31(24(32)16-5-6-16)20(12-30)14-1-2-14/h9-10,13-16,20H,1-8,12H2/t20-/m0/s1. The quantitative estimate of drug-likeness (QED) is 0.647. The van der Waals surface area contributed by atoms with Gasteiger partial charge in [-0.15, -0.1) is 0 Å². The molecule has 0 radical (unpaired) electrons. The second-order valence-corrected chi connectivity index (χ2v) is 9.95. The molecule has 2 aromatic rings. The normalized spacial score (nSPS) is 23.2. The third-order valence-electron chi connectivity index (χ3n) is 7.12. The van der Waals surface area contributed by atoms with E-state index in [1.54, 1.807) is 6.07 Å². The molecule has 4 aliphatic rings. The van der Waals surface area contributed by atoms with Crippen LogP contribution >= 0.6 is 11.6 Å². The molecule has 3 aliphatic carbocycles. The van der Waals surface area contributed by atoms with Crippen LogP contribution in [0.1, 0.15) is 55.7 Å². The Bertz CT molecular complexity index is 1120. The fourth-order valence-corrected chi connectivity index (χ4v) is 5.07. The summed E-state index contributed by atoms with van der Waals surface area (Å²) < 4.78 is 0. The van der Waals surface area contributed by atoms with Gasteiger partial charge in [-0.05, 0) is 50.5 Å². The van der Waals surface area contributed by atoms with Crippen molar-refractivity contribution < 1.29 is 4.79 Å². The lowest BCUT2D eigenvalue weighted by Crippen LogP contribution is -2.57. The van der Waals surface area contributed by atoms with Crippen LogP contribution in [0.5, 0.6) is 0 Å². The van der Waals surface area contributed by atoms with Crippen LogP contribution in [0, 0.1) is 23.2 Å². The van der Waals surface area contributed by atoms with E-state index >= 15 is 0 Å². The van der Waals surface area contributed by atoms with E-state index in [1.165, 1.54) is 19.2 Å². The average Bonchev–Trinajstić information content (AvgIpc) is 3.66. The molecular formula is C24H25ClN6O. The van der Waals surface area contributed by atoms with Crippen LogP contribution in [0.25, 0.3) is 11.3 Å². The summed E-state index contributed by atoms with van der Waals surface area (Å²) in [5.41, 5.74) is 3.13. The van der Waals surface area contributed by atoms with E-state index in [-0.39, 0.29) is 12.0 Å². The number of piperazine rings is 1. The SMILES string of the molecule is N#Cc1cc(-c2cc(Cl)ncn2)c(C2CC2)nc1N1CCN(C(=O)C2CC2)[C@H](C2CC2)C1. The van der Waals surface area contributed by atoms with Crippen molar-refractivity contribution in [3.63, 3.8) is 0 Å². The molecule has 8 heteroatoms. The third-order valence-corrected chi connectivity index (χ3v) is 7.33. The molecule has 6 rings (SSSR count). The Morgan fingerprint density at radius 2 is 1.91 bits per heavy atom. The molecule has 1 atom stereocenters. The van der Waals surface area contributed by atoms with Crippen molar-refractivity contribution in [2.75, 3.05) is 24.5 Å². The first-order chi connectivity index (χ1) is 15.6. The van der Waals surface area contributed by atoms with E-state index in [0.29, 0.717) is 47.2 Å². The number of carbonyl (C=O) groups excluding carboxylic acids is 1. The Hall–Kier alpha value is -2.72. The first-order valence-electron chi connectivity index (χ1n) is 11.6. The topological polar surface area (TPSA) is 86.0 Å². The third kappa shape index (κ3) is 3.71. The van der Waals surface area contributed by atoms with E-state index < -0.39 is 0 Å². The van der Waals surface area contributed by atoms with Crippen molar-refractivity contribution in [1.82, 2.24) is 19.9 Å². The molecule has 0 spiro atoms. The fourth-order valence-electron chi connectivity index (χ4n) is 4.92. The molecule has 164 valence electrons. The number of amides is 1. The van der Waals surface area contributed by atoms with Crippen molar-refractivity contribution >= 4 is 23.3 Å². The second-order valence-electron chi connectivity index (χ2n) is 9.56. The molecule has 3 saturated carbocycles. The molecule has 0 aromatic carbocycles. The zero-order valence-electron chi connectivity index (χ0n) is 17.9. The highest BCUT2D eigenvalue weighted by Gasteiger charge is 2.45. The van der Waals surface area contributed by atoms with Crippen LogP contribution in [0.3, 0.4) is 0 Å². The Balaban J connectivity index is 1.35. The summed E-state index contributed by atoms with van der Waals surface area (Å²) in [6.45, 7) is 2.19. The van der Waals surface area contributed by atoms with Gasteiger partial charge in [0.05, 0.1) is 23.0 Å². The second kappa shape index (κ2) is 7.70. The molecule has 7 nitrogen and oxygen atoms in total. The van der Waals surface area contributed by atoms with Gasteiger partial charge in [-0.3, -0.25) is 4.79 Å². The zero-order valence-corrected chi connectivity index (χ0v) is 18.6. The van der Waals surface area contributed by atoms with Crippen LogP contribution in [-0.2, 0) is 4.79 Å². The molecule has 1 aliphatic heterocycles. The van der Waals surface area contributed by atoms with Gasteiger partial charge in [0, 0.05) is 43.1 Å². The van der Waals surface area contributed by atoms with E-state index in [0.717, 1.165) is 49.3 Å². The Kier molecular flexibility index (Phi) is 4.80. The summed E-state index contributed by atoms with van der Waals surface area (Å²) in [6.07, 6.45) is 8.09. The Labute approximate surface area is 192 Å². The lowest BCUT2D eigenvalue weighted by Gasteiger charge is -2.43. The van der Waals surface area contributed by atoms with Crippen molar-refractivity contribution in [1.29, 1.82) is 5.26 Å². The first kappa shape index (κ1) is 19.9. The van der Waals surface area contributed by atoms with E-state index in [4.69, 9.17) is 16.6 Å². The van der Waals surface area contributed by atoms with Gasteiger partial charge < -0.3 is 9.80 Å². The monoisotopic (exact) mass is 448 g/mol. The van der Waals surface area contributed by atoms with Crippen LogP contribution in [-0.4, -0.2) is 51.4 Å². The van der Waals surface area contributed by atoms with Crippen LogP contribution < -0.4 is 4.90 Å². The molecule has 1 saturated heterocycles. The number of nitriles is 1. The Morgan fingerprint density at radius 1 is 1.09 bits per heavy atom. The van der Waals surface area contributed by atoms with Crippen molar-refractivity contribution in [2.24, 2.45) is 11.8 Å². The minimum atomic E-state index is 0.231. The number of hydrogen-bond acceptors (Lipinski definition) is 6. The summed E-state index contributed by atoms with van der Waals surface area (Å²) >= 11 is 6.11. The molecule has 32 heavy (non-hydrogen) atoms. The first-order valence-corrected chi connectivity index (χ1v) is 12.0. The number of hydrogen-bond donors (Lipinski definition) is 0. The van der Waals surface area contributed by atoms with Gasteiger partial charge in [-0.2, -0.15) is 5.26 Å². The van der Waals surface area contributed by atoms with Crippen molar-refractivity contribution in [3.8, 4) is 17.3 Å². The minimum Gasteiger partial charge on any atom is -0.352 e. The maximum Gasteiger partial charge on any atom is 0.226 e. The fraction of sp³-hybridized carbons (Fsp3) is 0.542. The lowest BCUT2D eigenvalue weighted by molar-refractivity contribution is -0.135. The Morgan fingerprint density at radius 3 is 2.56 bits per heavy atom. The maximum atomic E-state index is 12.9. The summed E-state index contributed by atoms with van der Waals surface area (Å²) in [7, 11) is 0. The molecular weight excluding hydrogens is 424 g/mol. The van der Waals surface area contributed by atoms with Gasteiger partial charge in [-0.1, -0.05) is 11.6 Å². The highest BCUT2D eigenvalue weighted by atomic mass is 35.5. The summed E-state index contributed by atoms with van der Waals surface area (Å²) in [6, 6.07) is 6.25. The molecule has 1 amide bonds. The molecule has 0 bridgehead atoms. The highest BCUT2D eigenvalue weighted by Crippen LogP contribution is 2.45. The molecule has 4 fully saturated rings. The predicted molar refractivity (Wildman–Crippen MR) is 120 cm³/mol. The number of anilines is 1. The smallest absolute Gasteiger partial charge is 0.226 e. The van der Waals surface area contributed by atoms with Crippen LogP contribution in [0.4, 0.5) is 5.82 Å². The van der Waals surface area contributed by atoms with Gasteiger partial charge in [-0.25, -0.2) is 15.0 Å². The van der Waals surface area contributed by atoms with Gasteiger partial charge in [0.1, 0.15) is 23.4 Å². The number of carbonyl (C=O) groups is 1. The lowest BCUT2D eigenvalue weighted by atomic mass is 10.0. The minimum absolute atomic E-state index is 0.231. The largest absolute Gasteiger partial charge is 0.352 e. The zero-order chi connectivity index (χ0) is 21.8. The number of rotatable bonds is 5.